The van der Waals surface area contributed by atoms with Gasteiger partial charge in [-0.15, -0.1) is 11.3 Å². The maximum Gasteiger partial charge on any atom is 0.0947 e. The zero-order chi connectivity index (χ0) is 14.7. The Kier molecular flexibility index (Phi) is 4.22. The van der Waals surface area contributed by atoms with E-state index in [1.165, 1.54) is 5.56 Å². The fourth-order valence-electron chi connectivity index (χ4n) is 2.42. The van der Waals surface area contributed by atoms with Gasteiger partial charge < -0.3 is 5.32 Å². The molecule has 0 aliphatic rings. The lowest BCUT2D eigenvalue weighted by Gasteiger charge is -2.17. The van der Waals surface area contributed by atoms with Gasteiger partial charge in [-0.2, -0.15) is 0 Å². The van der Waals surface area contributed by atoms with E-state index in [0.29, 0.717) is 0 Å². The third-order valence-corrected chi connectivity index (χ3v) is 4.38. The molecule has 0 bridgehead atoms. The third kappa shape index (κ3) is 3.25. The summed E-state index contributed by atoms with van der Waals surface area (Å²) in [6.45, 7) is 5.09. The van der Waals surface area contributed by atoms with E-state index >= 15 is 0 Å². The zero-order valence-electron chi connectivity index (χ0n) is 12.2. The Morgan fingerprint density at radius 1 is 1.19 bits per heavy atom. The van der Waals surface area contributed by atoms with E-state index in [1.807, 2.05) is 13.0 Å². The highest BCUT2D eigenvalue weighted by Gasteiger charge is 2.14. The average Bonchev–Trinajstić information content (AvgIpc) is 2.91. The van der Waals surface area contributed by atoms with Gasteiger partial charge in [-0.3, -0.25) is 9.97 Å². The van der Waals surface area contributed by atoms with Crippen LogP contribution >= 0.6 is 11.3 Å². The summed E-state index contributed by atoms with van der Waals surface area (Å²) < 4.78 is 0. The van der Waals surface area contributed by atoms with E-state index in [2.05, 4.69) is 44.7 Å². The normalized spacial score (nSPS) is 12.7. The average molecular weight is 298 g/mol. The molecule has 1 atom stereocenters. The lowest BCUT2D eigenvalue weighted by Crippen LogP contribution is -2.23. The van der Waals surface area contributed by atoms with E-state index in [-0.39, 0.29) is 6.04 Å². The van der Waals surface area contributed by atoms with Crippen molar-refractivity contribution < 1.29 is 0 Å². The number of hydrogen-bond acceptors (Lipinski definition) is 5. The number of benzene rings is 1. The van der Waals surface area contributed by atoms with E-state index in [0.717, 1.165) is 34.7 Å². The number of hydrogen-bond donors (Lipinski definition) is 1. The largest absolute Gasteiger partial charge is 0.310 e. The molecule has 1 N–H and O–H groups in total. The van der Waals surface area contributed by atoms with Crippen LogP contribution in [0.5, 0.6) is 0 Å². The molecule has 21 heavy (non-hydrogen) atoms. The van der Waals surface area contributed by atoms with E-state index in [4.69, 9.17) is 0 Å². The van der Waals surface area contributed by atoms with Crippen LogP contribution in [0, 0.1) is 6.92 Å². The molecule has 3 aromatic rings. The Labute approximate surface area is 128 Å². The van der Waals surface area contributed by atoms with Crippen LogP contribution in [0.25, 0.3) is 11.0 Å². The summed E-state index contributed by atoms with van der Waals surface area (Å²) in [5, 5.41) is 6.81. The van der Waals surface area contributed by atoms with Crippen LogP contribution in [-0.2, 0) is 6.42 Å². The summed E-state index contributed by atoms with van der Waals surface area (Å²) in [7, 11) is 0. The minimum atomic E-state index is 0.256. The molecule has 4 nitrogen and oxygen atoms in total. The minimum Gasteiger partial charge on any atom is -0.310 e. The number of likely N-dealkylation sites (N-methyl/N-ethyl adjacent to an activating group) is 1. The minimum absolute atomic E-state index is 0.256. The molecule has 0 radical (unpaired) electrons. The molecular formula is C16H18N4S. The lowest BCUT2D eigenvalue weighted by molar-refractivity contribution is 0.549. The topological polar surface area (TPSA) is 50.7 Å². The van der Waals surface area contributed by atoms with Crippen LogP contribution in [0.15, 0.2) is 36.0 Å². The maximum absolute atomic E-state index is 4.57. The first-order valence-electron chi connectivity index (χ1n) is 7.11. The number of nitrogens with zero attached hydrogens (tertiary/aromatic N) is 3. The first-order valence-corrected chi connectivity index (χ1v) is 7.99. The van der Waals surface area contributed by atoms with Gasteiger partial charge in [-0.25, -0.2) is 4.98 Å². The number of thiazole rings is 1. The molecule has 0 saturated carbocycles. The van der Waals surface area contributed by atoms with Crippen LogP contribution in [0.4, 0.5) is 0 Å². The summed E-state index contributed by atoms with van der Waals surface area (Å²) >= 11 is 1.72. The Morgan fingerprint density at radius 3 is 2.71 bits per heavy atom. The molecule has 2 aromatic heterocycles. The van der Waals surface area contributed by atoms with Crippen LogP contribution in [0.2, 0.25) is 0 Å². The Hall–Kier alpha value is -1.85. The van der Waals surface area contributed by atoms with Gasteiger partial charge in [0, 0.05) is 35.9 Å². The molecule has 3 rings (SSSR count). The second kappa shape index (κ2) is 6.28. The molecule has 0 aliphatic carbocycles. The van der Waals surface area contributed by atoms with Crippen molar-refractivity contribution in [3.8, 4) is 0 Å². The monoisotopic (exact) mass is 298 g/mol. The Morgan fingerprint density at radius 2 is 2.00 bits per heavy atom. The number of rotatable bonds is 5. The molecule has 0 saturated heterocycles. The molecule has 108 valence electrons. The highest BCUT2D eigenvalue weighted by atomic mass is 32.1. The summed E-state index contributed by atoms with van der Waals surface area (Å²) in [6, 6.07) is 6.54. The Balaban J connectivity index is 1.90. The van der Waals surface area contributed by atoms with Crippen LogP contribution in [0.3, 0.4) is 0 Å². The highest BCUT2D eigenvalue weighted by molar-refractivity contribution is 7.09. The van der Waals surface area contributed by atoms with Gasteiger partial charge in [0.25, 0.3) is 0 Å². The predicted molar refractivity (Wildman–Crippen MR) is 86.5 cm³/mol. The smallest absolute Gasteiger partial charge is 0.0947 e. The van der Waals surface area contributed by atoms with Gasteiger partial charge in [0.05, 0.1) is 16.0 Å². The second-order valence-electron chi connectivity index (χ2n) is 5.00. The number of aryl methyl sites for hydroxylation is 1. The first kappa shape index (κ1) is 14.1. The quantitative estimate of drug-likeness (QED) is 0.785. The molecule has 0 spiro atoms. The van der Waals surface area contributed by atoms with Crippen LogP contribution in [0.1, 0.15) is 29.2 Å². The van der Waals surface area contributed by atoms with E-state index < -0.39 is 0 Å². The molecule has 0 amide bonds. The number of nitrogens with one attached hydrogen (secondary N) is 1. The van der Waals surface area contributed by atoms with Crippen molar-refractivity contribution in [2.75, 3.05) is 6.54 Å². The van der Waals surface area contributed by atoms with E-state index in [1.54, 1.807) is 23.7 Å². The fourth-order valence-corrected chi connectivity index (χ4v) is 3.24. The van der Waals surface area contributed by atoms with Crippen molar-refractivity contribution in [1.82, 2.24) is 20.3 Å². The maximum atomic E-state index is 4.57. The Bertz CT molecular complexity index is 738. The van der Waals surface area contributed by atoms with Crippen molar-refractivity contribution >= 4 is 22.4 Å². The van der Waals surface area contributed by atoms with Gasteiger partial charge in [-0.1, -0.05) is 13.0 Å². The molecule has 2 heterocycles. The van der Waals surface area contributed by atoms with Gasteiger partial charge in [0.15, 0.2) is 0 Å². The molecule has 0 aliphatic heterocycles. The summed E-state index contributed by atoms with van der Waals surface area (Å²) in [5.74, 6) is 0. The van der Waals surface area contributed by atoms with Crippen molar-refractivity contribution in [1.29, 1.82) is 0 Å². The molecular weight excluding hydrogens is 280 g/mol. The highest BCUT2D eigenvalue weighted by Crippen LogP contribution is 2.23. The van der Waals surface area contributed by atoms with Crippen LogP contribution < -0.4 is 5.32 Å². The SMILES string of the molecule is CCNC(Cc1nc(C)cs1)c1ccc2nccnc2c1. The van der Waals surface area contributed by atoms with E-state index in [9.17, 15) is 0 Å². The number of fused-ring (bicyclic) bond motifs is 1. The second-order valence-corrected chi connectivity index (χ2v) is 5.94. The van der Waals surface area contributed by atoms with Crippen molar-refractivity contribution in [2.24, 2.45) is 0 Å². The van der Waals surface area contributed by atoms with Crippen molar-refractivity contribution in [3.05, 3.63) is 52.2 Å². The summed E-state index contributed by atoms with van der Waals surface area (Å²) in [4.78, 5) is 13.3. The molecule has 0 fully saturated rings. The lowest BCUT2D eigenvalue weighted by atomic mass is 10.0. The summed E-state index contributed by atoms with van der Waals surface area (Å²) in [6.07, 6.45) is 4.36. The molecule has 5 heteroatoms. The molecule has 1 aromatic carbocycles. The molecule has 1 unspecified atom stereocenters. The van der Waals surface area contributed by atoms with Crippen molar-refractivity contribution in [2.45, 2.75) is 26.3 Å². The van der Waals surface area contributed by atoms with Gasteiger partial charge in [0.1, 0.15) is 0 Å². The van der Waals surface area contributed by atoms with Crippen molar-refractivity contribution in [3.63, 3.8) is 0 Å². The zero-order valence-corrected chi connectivity index (χ0v) is 13.0. The predicted octanol–water partition coefficient (Wildman–Crippen LogP) is 3.29. The summed E-state index contributed by atoms with van der Waals surface area (Å²) in [5.41, 5.74) is 4.20. The van der Waals surface area contributed by atoms with Crippen LogP contribution in [-0.4, -0.2) is 21.5 Å². The third-order valence-electron chi connectivity index (χ3n) is 3.39. The van der Waals surface area contributed by atoms with Gasteiger partial charge in [-0.05, 0) is 31.2 Å². The standard InChI is InChI=1S/C16H18N4S/c1-3-17-14(9-16-20-11(2)10-21-16)12-4-5-13-15(8-12)19-7-6-18-13/h4-8,10,14,17H,3,9H2,1-2H3. The number of aromatic nitrogens is 3. The van der Waals surface area contributed by atoms with Gasteiger partial charge in [0.2, 0.25) is 0 Å². The first-order chi connectivity index (χ1) is 10.3. The fraction of sp³-hybridized carbons (Fsp3) is 0.312. The van der Waals surface area contributed by atoms with Gasteiger partial charge >= 0.3 is 0 Å².